The zero-order chi connectivity index (χ0) is 20.7. The average Bonchev–Trinajstić information content (AvgIpc) is 3.05. The molecule has 28 heavy (non-hydrogen) atoms. The molecule has 5 nitrogen and oxygen atoms in total. The van der Waals surface area contributed by atoms with Gasteiger partial charge in [0.1, 0.15) is 10.9 Å². The van der Waals surface area contributed by atoms with Crippen LogP contribution in [0.5, 0.6) is 0 Å². The van der Waals surface area contributed by atoms with Crippen molar-refractivity contribution in [1.82, 2.24) is 9.88 Å². The fourth-order valence-electron chi connectivity index (χ4n) is 2.94. The van der Waals surface area contributed by atoms with Crippen molar-refractivity contribution < 1.29 is 4.79 Å². The van der Waals surface area contributed by atoms with Gasteiger partial charge in [-0.2, -0.15) is 5.26 Å². The largest absolute Gasteiger partial charge is 0.397 e. The molecule has 1 aromatic carbocycles. The Bertz CT molecular complexity index is 965. The highest BCUT2D eigenvalue weighted by atomic mass is 79.9. The Balaban J connectivity index is 0.000000186. The predicted molar refractivity (Wildman–Crippen MR) is 120 cm³/mol. The van der Waals surface area contributed by atoms with Gasteiger partial charge < -0.3 is 5.73 Å². The number of fused-ring (bicyclic) bond motifs is 1. The van der Waals surface area contributed by atoms with Gasteiger partial charge in [0.2, 0.25) is 0 Å². The van der Waals surface area contributed by atoms with Crippen molar-refractivity contribution in [2.24, 2.45) is 0 Å². The van der Waals surface area contributed by atoms with Crippen LogP contribution in [-0.2, 0) is 0 Å². The van der Waals surface area contributed by atoms with E-state index in [2.05, 4.69) is 44.0 Å². The first kappa shape index (κ1) is 22.0. The molecule has 7 heteroatoms. The van der Waals surface area contributed by atoms with Crippen molar-refractivity contribution in [2.45, 2.75) is 25.8 Å². The van der Waals surface area contributed by atoms with Crippen LogP contribution in [0.1, 0.15) is 35.0 Å². The van der Waals surface area contributed by atoms with E-state index in [4.69, 9.17) is 11.0 Å². The Kier molecular flexibility index (Phi) is 8.12. The van der Waals surface area contributed by atoms with Gasteiger partial charge in [-0.3, -0.25) is 9.69 Å². The minimum atomic E-state index is 0.0520. The first-order valence-electron chi connectivity index (χ1n) is 8.98. The zero-order valence-corrected chi connectivity index (χ0v) is 18.5. The second kappa shape index (κ2) is 10.3. The molecule has 2 N–H and O–H groups in total. The van der Waals surface area contributed by atoms with E-state index in [9.17, 15) is 4.79 Å². The summed E-state index contributed by atoms with van der Waals surface area (Å²) in [6, 6.07) is 14.3. The summed E-state index contributed by atoms with van der Waals surface area (Å²) in [4.78, 5) is 18.0. The molecule has 0 radical (unpaired) electrons. The molecule has 3 heterocycles. The third-order valence-electron chi connectivity index (χ3n) is 4.41. The molecule has 0 saturated carbocycles. The number of hydrogen-bond acceptors (Lipinski definition) is 6. The molecule has 2 atom stereocenters. The lowest BCUT2D eigenvalue weighted by atomic mass is 9.84. The second-order valence-corrected chi connectivity index (χ2v) is 7.97. The first-order valence-corrected chi connectivity index (χ1v) is 10.6. The molecule has 1 fully saturated rings. The number of benzene rings is 1. The molecule has 0 spiro atoms. The Morgan fingerprint density at radius 3 is 2.54 bits per heavy atom. The number of pyridine rings is 1. The topological polar surface area (TPSA) is 83.0 Å². The molecule has 0 aliphatic carbocycles. The number of anilines is 1. The van der Waals surface area contributed by atoms with Crippen LogP contribution in [0.3, 0.4) is 0 Å². The van der Waals surface area contributed by atoms with E-state index in [1.807, 2.05) is 39.1 Å². The smallest absolute Gasteiger partial charge is 0.162 e. The van der Waals surface area contributed by atoms with Gasteiger partial charge in [-0.25, -0.2) is 4.98 Å². The minimum Gasteiger partial charge on any atom is -0.397 e. The molecular weight excluding hydrogens is 436 g/mol. The van der Waals surface area contributed by atoms with Crippen LogP contribution in [0.4, 0.5) is 5.69 Å². The normalized spacial score (nSPS) is 18.0. The molecule has 146 valence electrons. The Morgan fingerprint density at radius 1 is 1.32 bits per heavy atom. The standard InChI is InChI=1S/C11H11BrN2.C8H6N2OS.C2H6/c1-14-7-10(11(14)6-13)8-2-4-9(12)5-3-8;9-7-5-2-1-3-10-8(5)12-6(7)4-11;1-2/h2-5,10-11H,7H2,1H3;1-4H,9H2;1-2H3. The Hall–Kier alpha value is -2.27. The number of halogens is 1. The highest BCUT2D eigenvalue weighted by Gasteiger charge is 2.37. The van der Waals surface area contributed by atoms with Crippen molar-refractivity contribution in [3.8, 4) is 6.07 Å². The second-order valence-electron chi connectivity index (χ2n) is 6.03. The number of nitrogens with two attached hydrogens (primary N) is 1. The molecule has 1 saturated heterocycles. The number of aromatic nitrogens is 1. The third-order valence-corrected chi connectivity index (χ3v) is 5.99. The number of nitrogen functional groups attached to an aromatic ring is 1. The SMILES string of the molecule is CC.CN1CC(c2ccc(Br)cc2)C1C#N.Nc1c(C=O)sc2ncccc12. The first-order chi connectivity index (χ1) is 13.5. The van der Waals surface area contributed by atoms with Crippen molar-refractivity contribution in [3.05, 3.63) is 57.5 Å². The summed E-state index contributed by atoms with van der Waals surface area (Å²) >= 11 is 4.72. The van der Waals surface area contributed by atoms with Crippen molar-refractivity contribution in [3.63, 3.8) is 0 Å². The van der Waals surface area contributed by atoms with Gasteiger partial charge in [0.05, 0.1) is 16.6 Å². The van der Waals surface area contributed by atoms with E-state index >= 15 is 0 Å². The zero-order valence-electron chi connectivity index (χ0n) is 16.1. The molecule has 2 aromatic heterocycles. The maximum absolute atomic E-state index is 10.5. The van der Waals surface area contributed by atoms with Gasteiger partial charge in [0.25, 0.3) is 0 Å². The van der Waals surface area contributed by atoms with Crippen molar-refractivity contribution in [2.75, 3.05) is 19.3 Å². The van der Waals surface area contributed by atoms with E-state index in [0.717, 1.165) is 27.5 Å². The summed E-state index contributed by atoms with van der Waals surface area (Å²) in [5, 5.41) is 9.81. The van der Waals surface area contributed by atoms with Crippen molar-refractivity contribution >= 4 is 49.5 Å². The Labute approximate surface area is 177 Å². The average molecular weight is 459 g/mol. The van der Waals surface area contributed by atoms with E-state index < -0.39 is 0 Å². The lowest BCUT2D eigenvalue weighted by molar-refractivity contribution is 0.112. The number of carbonyl (C=O) groups is 1. The van der Waals surface area contributed by atoms with Crippen LogP contribution < -0.4 is 5.73 Å². The summed E-state index contributed by atoms with van der Waals surface area (Å²) in [6.45, 7) is 4.99. The van der Waals surface area contributed by atoms with Crippen LogP contribution in [0.25, 0.3) is 10.2 Å². The van der Waals surface area contributed by atoms with Gasteiger partial charge in [-0.05, 0) is 36.9 Å². The van der Waals surface area contributed by atoms with Crippen LogP contribution in [-0.4, -0.2) is 35.8 Å². The van der Waals surface area contributed by atoms with E-state index in [-0.39, 0.29) is 6.04 Å². The molecule has 2 unspecified atom stereocenters. The number of nitriles is 1. The number of hydrogen-bond donors (Lipinski definition) is 1. The third kappa shape index (κ3) is 4.76. The van der Waals surface area contributed by atoms with Gasteiger partial charge in [0.15, 0.2) is 6.29 Å². The van der Waals surface area contributed by atoms with Gasteiger partial charge >= 0.3 is 0 Å². The summed E-state index contributed by atoms with van der Waals surface area (Å²) in [5.41, 5.74) is 7.49. The number of aldehydes is 1. The summed E-state index contributed by atoms with van der Waals surface area (Å²) in [7, 11) is 1.99. The van der Waals surface area contributed by atoms with Gasteiger partial charge in [-0.1, -0.05) is 41.9 Å². The van der Waals surface area contributed by atoms with E-state index in [1.54, 1.807) is 12.3 Å². The molecule has 0 bridgehead atoms. The van der Waals surface area contributed by atoms with Gasteiger partial charge in [0, 0.05) is 28.5 Å². The summed E-state index contributed by atoms with van der Waals surface area (Å²) < 4.78 is 1.09. The number of thiophene rings is 1. The highest BCUT2D eigenvalue weighted by molar-refractivity contribution is 9.10. The molecular formula is C21H23BrN4OS. The van der Waals surface area contributed by atoms with E-state index in [0.29, 0.717) is 16.5 Å². The van der Waals surface area contributed by atoms with Crippen LogP contribution in [0.2, 0.25) is 0 Å². The maximum Gasteiger partial charge on any atom is 0.162 e. The Morgan fingerprint density at radius 2 is 2.00 bits per heavy atom. The summed E-state index contributed by atoms with van der Waals surface area (Å²) in [6.07, 6.45) is 2.45. The lowest BCUT2D eigenvalue weighted by Crippen LogP contribution is -2.51. The maximum atomic E-state index is 10.5. The highest BCUT2D eigenvalue weighted by Crippen LogP contribution is 2.33. The number of carbonyl (C=O) groups excluding carboxylic acids is 1. The minimum absolute atomic E-state index is 0.0520. The fraction of sp³-hybridized carbons (Fsp3) is 0.286. The molecule has 3 aromatic rings. The lowest BCUT2D eigenvalue weighted by Gasteiger charge is -2.41. The summed E-state index contributed by atoms with van der Waals surface area (Å²) in [5.74, 6) is 0.387. The quantitative estimate of drug-likeness (QED) is 0.540. The number of rotatable bonds is 2. The fourth-order valence-corrected chi connectivity index (χ4v) is 4.08. The van der Waals surface area contributed by atoms with Gasteiger partial charge in [-0.15, -0.1) is 11.3 Å². The molecule has 1 aliphatic rings. The van der Waals surface area contributed by atoms with Crippen LogP contribution in [0, 0.1) is 11.3 Å². The number of nitrogens with zero attached hydrogens (tertiary/aromatic N) is 3. The molecule has 1 aliphatic heterocycles. The predicted octanol–water partition coefficient (Wildman–Crippen LogP) is 5.09. The van der Waals surface area contributed by atoms with E-state index in [1.165, 1.54) is 16.9 Å². The molecule has 0 amide bonds. The monoisotopic (exact) mass is 458 g/mol. The number of likely N-dealkylation sites (N-methyl/N-ethyl adjacent to an activating group) is 1. The van der Waals surface area contributed by atoms with Crippen LogP contribution in [0.15, 0.2) is 47.1 Å². The number of likely N-dealkylation sites (tertiary alicyclic amines) is 1. The molecule has 4 rings (SSSR count). The van der Waals surface area contributed by atoms with Crippen LogP contribution >= 0.6 is 27.3 Å². The van der Waals surface area contributed by atoms with Crippen molar-refractivity contribution in [1.29, 1.82) is 5.26 Å².